The van der Waals surface area contributed by atoms with Crippen LogP contribution >= 0.6 is 0 Å². The lowest BCUT2D eigenvalue weighted by molar-refractivity contribution is -0.116. The molecule has 3 rings (SSSR count). The summed E-state index contributed by atoms with van der Waals surface area (Å²) in [6.07, 6.45) is 5.49. The Hall–Kier alpha value is -3.99. The van der Waals surface area contributed by atoms with E-state index in [1.165, 1.54) is 0 Å². The molecule has 0 spiro atoms. The van der Waals surface area contributed by atoms with Crippen molar-refractivity contribution in [2.45, 2.75) is 33.3 Å². The van der Waals surface area contributed by atoms with Crippen LogP contribution in [0.25, 0.3) is 0 Å². The summed E-state index contributed by atoms with van der Waals surface area (Å²) >= 11 is 0. The van der Waals surface area contributed by atoms with E-state index in [2.05, 4.69) is 20.3 Å². The number of anilines is 1. The molecule has 8 heteroatoms. The molecule has 0 unspecified atom stereocenters. The maximum absolute atomic E-state index is 12.5. The highest BCUT2D eigenvalue weighted by Gasteiger charge is 2.15. The van der Waals surface area contributed by atoms with Gasteiger partial charge in [0.15, 0.2) is 11.6 Å². The maximum atomic E-state index is 12.5. The third-order valence-corrected chi connectivity index (χ3v) is 4.69. The zero-order valence-corrected chi connectivity index (χ0v) is 16.7. The number of carbonyl (C=O) groups is 1. The average molecular weight is 403 g/mol. The van der Waals surface area contributed by atoms with E-state index in [1.54, 1.807) is 44.6 Å². The zero-order valence-electron chi connectivity index (χ0n) is 16.7. The number of ether oxygens (including phenoxy) is 1. The molecule has 0 aromatic carbocycles. The van der Waals surface area contributed by atoms with Gasteiger partial charge in [0.25, 0.3) is 5.56 Å². The number of nitrogens with one attached hydrogen (secondary N) is 2. The fraction of sp³-hybridized carbons (Fsp3) is 0.227. The van der Waals surface area contributed by atoms with Crippen molar-refractivity contribution in [2.75, 3.05) is 5.32 Å². The van der Waals surface area contributed by atoms with Crippen molar-refractivity contribution in [3.05, 3.63) is 81.2 Å². The van der Waals surface area contributed by atoms with E-state index in [0.29, 0.717) is 35.9 Å². The molecule has 30 heavy (non-hydrogen) atoms. The summed E-state index contributed by atoms with van der Waals surface area (Å²) in [5, 5.41) is 11.9. The summed E-state index contributed by atoms with van der Waals surface area (Å²) < 4.78 is 5.79. The molecule has 3 aromatic rings. The van der Waals surface area contributed by atoms with Crippen LogP contribution in [0.15, 0.2) is 47.7 Å². The summed E-state index contributed by atoms with van der Waals surface area (Å²) in [4.78, 5) is 35.2. The first kappa shape index (κ1) is 20.7. The molecule has 0 aliphatic carbocycles. The van der Waals surface area contributed by atoms with Crippen LogP contribution in [0.3, 0.4) is 0 Å². The van der Waals surface area contributed by atoms with E-state index in [9.17, 15) is 14.9 Å². The number of nitriles is 1. The van der Waals surface area contributed by atoms with Crippen LogP contribution in [-0.2, 0) is 17.8 Å². The number of rotatable bonds is 7. The number of nitrogens with zero attached hydrogens (tertiary/aromatic N) is 3. The van der Waals surface area contributed by atoms with Crippen LogP contribution in [0.1, 0.15) is 34.4 Å². The smallest absolute Gasteiger partial charge is 0.266 e. The SMILES string of the molecule is Cc1[nH]c(=O)c(C#N)c(C)c1CCC(=O)Nc1ncccc1OCc1ccncc1. The van der Waals surface area contributed by atoms with Crippen LogP contribution in [0, 0.1) is 25.2 Å². The van der Waals surface area contributed by atoms with Crippen molar-refractivity contribution in [3.8, 4) is 11.8 Å². The van der Waals surface area contributed by atoms with Crippen molar-refractivity contribution in [1.29, 1.82) is 5.26 Å². The Morgan fingerprint density at radius 3 is 2.73 bits per heavy atom. The predicted octanol–water partition coefficient (Wildman–Crippen LogP) is 2.80. The van der Waals surface area contributed by atoms with Gasteiger partial charge in [0.05, 0.1) is 0 Å². The second-order valence-electron chi connectivity index (χ2n) is 6.71. The molecule has 1 amide bonds. The Morgan fingerprint density at radius 1 is 1.23 bits per heavy atom. The van der Waals surface area contributed by atoms with E-state index in [4.69, 9.17) is 4.74 Å². The molecule has 8 nitrogen and oxygen atoms in total. The predicted molar refractivity (Wildman–Crippen MR) is 111 cm³/mol. The highest BCUT2D eigenvalue weighted by Crippen LogP contribution is 2.23. The monoisotopic (exact) mass is 403 g/mol. The molecule has 0 saturated heterocycles. The maximum Gasteiger partial charge on any atom is 0.266 e. The Labute approximate surface area is 173 Å². The van der Waals surface area contributed by atoms with Gasteiger partial charge in [-0.05, 0) is 61.2 Å². The van der Waals surface area contributed by atoms with Crippen LogP contribution in [0.4, 0.5) is 5.82 Å². The second-order valence-corrected chi connectivity index (χ2v) is 6.71. The van der Waals surface area contributed by atoms with Crippen LogP contribution in [-0.4, -0.2) is 20.9 Å². The summed E-state index contributed by atoms with van der Waals surface area (Å²) in [5.41, 5.74) is 2.66. The Bertz CT molecular complexity index is 1150. The molecule has 0 radical (unpaired) electrons. The van der Waals surface area contributed by atoms with Crippen LogP contribution in [0.2, 0.25) is 0 Å². The molecule has 3 aromatic heterocycles. The number of aryl methyl sites for hydroxylation is 1. The Morgan fingerprint density at radius 2 is 2.00 bits per heavy atom. The minimum atomic E-state index is -0.412. The van der Waals surface area contributed by atoms with Gasteiger partial charge >= 0.3 is 0 Å². The molecule has 152 valence electrons. The highest BCUT2D eigenvalue weighted by atomic mass is 16.5. The molecular formula is C22H21N5O3. The van der Waals surface area contributed by atoms with Gasteiger partial charge in [0.1, 0.15) is 18.2 Å². The molecule has 3 heterocycles. The third kappa shape index (κ3) is 4.89. The van der Waals surface area contributed by atoms with Gasteiger partial charge in [-0.25, -0.2) is 4.98 Å². The fourth-order valence-corrected chi connectivity index (χ4v) is 3.09. The normalized spacial score (nSPS) is 10.3. The fourth-order valence-electron chi connectivity index (χ4n) is 3.09. The summed E-state index contributed by atoms with van der Waals surface area (Å²) in [6.45, 7) is 3.80. The summed E-state index contributed by atoms with van der Waals surface area (Å²) in [5.74, 6) is 0.556. The summed E-state index contributed by atoms with van der Waals surface area (Å²) in [6, 6.07) is 9.08. The number of aromatic amines is 1. The standard InChI is InChI=1S/C22H21N5O3/c1-14-17(15(2)26-22(29)18(14)12-23)5-6-20(28)27-21-19(4-3-9-25-21)30-13-16-7-10-24-11-8-16/h3-4,7-11H,5-6,13H2,1-2H3,(H,26,29)(H,25,27,28). The molecule has 0 aliphatic heterocycles. The van der Waals surface area contributed by atoms with Crippen molar-refractivity contribution >= 4 is 11.7 Å². The molecule has 0 bridgehead atoms. The molecule has 0 saturated carbocycles. The van der Waals surface area contributed by atoms with E-state index in [0.717, 1.165) is 11.1 Å². The number of carbonyl (C=O) groups excluding carboxylic acids is 1. The molecule has 2 N–H and O–H groups in total. The quantitative estimate of drug-likeness (QED) is 0.626. The van der Waals surface area contributed by atoms with E-state index in [1.807, 2.05) is 18.2 Å². The van der Waals surface area contributed by atoms with Gasteiger partial charge in [0, 0.05) is 30.7 Å². The Kier molecular flexibility index (Phi) is 6.55. The van der Waals surface area contributed by atoms with E-state index < -0.39 is 5.56 Å². The van der Waals surface area contributed by atoms with Gasteiger partial charge in [-0.2, -0.15) is 5.26 Å². The lowest BCUT2D eigenvalue weighted by Gasteiger charge is -2.13. The lowest BCUT2D eigenvalue weighted by Crippen LogP contribution is -2.19. The Balaban J connectivity index is 1.66. The molecule has 0 atom stereocenters. The largest absolute Gasteiger partial charge is 0.485 e. The number of pyridine rings is 3. The minimum Gasteiger partial charge on any atom is -0.485 e. The van der Waals surface area contributed by atoms with Crippen molar-refractivity contribution in [2.24, 2.45) is 0 Å². The zero-order chi connectivity index (χ0) is 21.5. The number of aromatic nitrogens is 3. The number of amides is 1. The average Bonchev–Trinajstić information content (AvgIpc) is 2.74. The highest BCUT2D eigenvalue weighted by molar-refractivity contribution is 5.91. The minimum absolute atomic E-state index is 0.0764. The van der Waals surface area contributed by atoms with E-state index in [-0.39, 0.29) is 17.9 Å². The first-order valence-corrected chi connectivity index (χ1v) is 9.38. The van der Waals surface area contributed by atoms with Gasteiger partial charge in [0.2, 0.25) is 5.91 Å². The van der Waals surface area contributed by atoms with E-state index >= 15 is 0 Å². The number of hydrogen-bond donors (Lipinski definition) is 2. The molecular weight excluding hydrogens is 382 g/mol. The van der Waals surface area contributed by atoms with Crippen LogP contribution < -0.4 is 15.6 Å². The number of hydrogen-bond acceptors (Lipinski definition) is 6. The number of H-pyrrole nitrogens is 1. The van der Waals surface area contributed by atoms with Crippen molar-refractivity contribution in [1.82, 2.24) is 15.0 Å². The lowest BCUT2D eigenvalue weighted by atomic mass is 9.99. The van der Waals surface area contributed by atoms with Crippen molar-refractivity contribution < 1.29 is 9.53 Å². The van der Waals surface area contributed by atoms with Gasteiger partial charge in [-0.3, -0.25) is 14.6 Å². The molecule has 0 fully saturated rings. The third-order valence-electron chi connectivity index (χ3n) is 4.69. The first-order chi connectivity index (χ1) is 14.5. The first-order valence-electron chi connectivity index (χ1n) is 9.38. The van der Waals surface area contributed by atoms with Gasteiger partial charge in [-0.1, -0.05) is 0 Å². The van der Waals surface area contributed by atoms with Gasteiger partial charge in [-0.15, -0.1) is 0 Å². The topological polar surface area (TPSA) is 121 Å². The van der Waals surface area contributed by atoms with Crippen molar-refractivity contribution in [3.63, 3.8) is 0 Å². The summed E-state index contributed by atoms with van der Waals surface area (Å²) in [7, 11) is 0. The van der Waals surface area contributed by atoms with Gasteiger partial charge < -0.3 is 15.0 Å². The molecule has 0 aliphatic rings. The van der Waals surface area contributed by atoms with Crippen LogP contribution in [0.5, 0.6) is 5.75 Å². The second kappa shape index (κ2) is 9.47.